The first-order valence-electron chi connectivity index (χ1n) is 9.43. The molecule has 0 amide bonds. The lowest BCUT2D eigenvalue weighted by molar-refractivity contribution is -0.132. The van der Waals surface area contributed by atoms with Gasteiger partial charge >= 0.3 is 5.97 Å². The normalized spacial score (nSPS) is 11.2. The van der Waals surface area contributed by atoms with Crippen LogP contribution in [0.4, 0.5) is 0 Å². The lowest BCUT2D eigenvalue weighted by Crippen LogP contribution is -2.05. The van der Waals surface area contributed by atoms with E-state index >= 15 is 0 Å². The molecule has 4 nitrogen and oxygen atoms in total. The van der Waals surface area contributed by atoms with Gasteiger partial charge in [0.15, 0.2) is 0 Å². The molecule has 1 heterocycles. The SMILES string of the molecule is COc1ccc2c(c1)c1c(C)cc(OC(C)=O)c(SC)c1n2Cc1ccccc1. The Labute approximate surface area is 174 Å². The predicted molar refractivity (Wildman–Crippen MR) is 119 cm³/mol. The van der Waals surface area contributed by atoms with Crippen LogP contribution in [0.15, 0.2) is 59.5 Å². The zero-order chi connectivity index (χ0) is 20.5. The fourth-order valence-electron chi connectivity index (χ4n) is 3.91. The molecule has 29 heavy (non-hydrogen) atoms. The summed E-state index contributed by atoms with van der Waals surface area (Å²) in [6.45, 7) is 4.23. The maximum atomic E-state index is 11.7. The van der Waals surface area contributed by atoms with Crippen molar-refractivity contribution >= 4 is 39.5 Å². The summed E-state index contributed by atoms with van der Waals surface area (Å²) in [7, 11) is 1.68. The largest absolute Gasteiger partial charge is 0.497 e. The van der Waals surface area contributed by atoms with Crippen LogP contribution in [0.1, 0.15) is 18.1 Å². The number of carbonyl (C=O) groups is 1. The van der Waals surface area contributed by atoms with Crippen LogP contribution in [-0.4, -0.2) is 23.9 Å². The zero-order valence-electron chi connectivity index (χ0n) is 17.0. The first-order valence-corrected chi connectivity index (χ1v) is 10.7. The van der Waals surface area contributed by atoms with Crippen LogP contribution in [0.25, 0.3) is 21.8 Å². The second kappa shape index (κ2) is 7.84. The first kappa shape index (κ1) is 19.4. The molecule has 0 atom stereocenters. The van der Waals surface area contributed by atoms with Crippen LogP contribution in [0.3, 0.4) is 0 Å². The summed E-state index contributed by atoms with van der Waals surface area (Å²) < 4.78 is 13.4. The highest BCUT2D eigenvalue weighted by Crippen LogP contribution is 2.43. The number of ether oxygens (including phenoxy) is 2. The average Bonchev–Trinajstić information content (AvgIpc) is 3.02. The highest BCUT2D eigenvalue weighted by Gasteiger charge is 2.21. The Hall–Kier alpha value is -2.92. The number of carbonyl (C=O) groups excluding carboxylic acids is 1. The van der Waals surface area contributed by atoms with Gasteiger partial charge in [-0.3, -0.25) is 4.79 Å². The van der Waals surface area contributed by atoms with Crippen molar-refractivity contribution in [3.8, 4) is 11.5 Å². The smallest absolute Gasteiger partial charge is 0.308 e. The van der Waals surface area contributed by atoms with Crippen molar-refractivity contribution in [2.45, 2.75) is 25.3 Å². The number of rotatable bonds is 5. The minimum atomic E-state index is -0.313. The van der Waals surface area contributed by atoms with Crippen molar-refractivity contribution in [2.75, 3.05) is 13.4 Å². The van der Waals surface area contributed by atoms with E-state index in [9.17, 15) is 4.79 Å². The van der Waals surface area contributed by atoms with Crippen molar-refractivity contribution in [2.24, 2.45) is 0 Å². The maximum Gasteiger partial charge on any atom is 0.308 e. The van der Waals surface area contributed by atoms with Crippen LogP contribution in [0, 0.1) is 6.92 Å². The van der Waals surface area contributed by atoms with Crippen LogP contribution < -0.4 is 9.47 Å². The number of aromatic nitrogens is 1. The molecular weight excluding hydrogens is 382 g/mol. The topological polar surface area (TPSA) is 40.5 Å². The summed E-state index contributed by atoms with van der Waals surface area (Å²) in [5.41, 5.74) is 4.49. The van der Waals surface area contributed by atoms with Gasteiger partial charge in [0.2, 0.25) is 0 Å². The van der Waals surface area contributed by atoms with Gasteiger partial charge in [0, 0.05) is 29.8 Å². The van der Waals surface area contributed by atoms with Crippen LogP contribution in [0.2, 0.25) is 0 Å². The number of methoxy groups -OCH3 is 1. The molecule has 0 fully saturated rings. The lowest BCUT2D eigenvalue weighted by atomic mass is 10.1. The van der Waals surface area contributed by atoms with Crippen molar-refractivity contribution < 1.29 is 14.3 Å². The standard InChI is InChI=1S/C24H23NO3S/c1-15-12-21(28-16(2)26)24(29-4)23-22(15)19-13-18(27-3)10-11-20(19)25(23)14-17-8-6-5-7-9-17/h5-13H,14H2,1-4H3. The lowest BCUT2D eigenvalue weighted by Gasteiger charge is -2.14. The quantitative estimate of drug-likeness (QED) is 0.239. The summed E-state index contributed by atoms with van der Waals surface area (Å²) >= 11 is 1.60. The molecule has 5 heteroatoms. The van der Waals surface area contributed by atoms with Gasteiger partial charge in [-0.2, -0.15) is 0 Å². The summed E-state index contributed by atoms with van der Waals surface area (Å²) in [5, 5.41) is 2.30. The third-order valence-corrected chi connectivity index (χ3v) is 5.90. The van der Waals surface area contributed by atoms with E-state index in [1.807, 2.05) is 24.5 Å². The molecule has 4 aromatic rings. The van der Waals surface area contributed by atoms with Gasteiger partial charge in [-0.1, -0.05) is 30.3 Å². The molecule has 3 aromatic carbocycles. The molecule has 4 rings (SSSR count). The Balaban J connectivity index is 2.10. The van der Waals surface area contributed by atoms with E-state index in [4.69, 9.17) is 9.47 Å². The first-order chi connectivity index (χ1) is 14.0. The predicted octanol–water partition coefficient (Wildman–Crippen LogP) is 5.81. The molecule has 0 aliphatic carbocycles. The van der Waals surface area contributed by atoms with Crippen molar-refractivity contribution in [3.05, 3.63) is 65.7 Å². The highest BCUT2D eigenvalue weighted by molar-refractivity contribution is 7.99. The van der Waals surface area contributed by atoms with Crippen molar-refractivity contribution in [1.82, 2.24) is 4.57 Å². The van der Waals surface area contributed by atoms with E-state index in [-0.39, 0.29) is 5.97 Å². The second-order valence-corrected chi connectivity index (χ2v) is 7.81. The molecule has 0 saturated heterocycles. The summed E-state index contributed by atoms with van der Waals surface area (Å²) in [6, 6.07) is 18.5. The van der Waals surface area contributed by atoms with Gasteiger partial charge in [-0.15, -0.1) is 11.8 Å². The van der Waals surface area contributed by atoms with Gasteiger partial charge < -0.3 is 14.0 Å². The van der Waals surface area contributed by atoms with Gasteiger partial charge in [0.1, 0.15) is 11.5 Å². The molecule has 0 unspecified atom stereocenters. The average molecular weight is 406 g/mol. The van der Waals surface area contributed by atoms with Gasteiger partial charge in [-0.05, 0) is 48.6 Å². The maximum absolute atomic E-state index is 11.7. The van der Waals surface area contributed by atoms with Crippen LogP contribution in [-0.2, 0) is 11.3 Å². The molecule has 1 aromatic heterocycles. The monoisotopic (exact) mass is 405 g/mol. The summed E-state index contributed by atoms with van der Waals surface area (Å²) in [4.78, 5) is 12.7. The number of fused-ring (bicyclic) bond motifs is 3. The van der Waals surface area contributed by atoms with Crippen LogP contribution >= 0.6 is 11.8 Å². The van der Waals surface area contributed by atoms with Gasteiger partial charge in [0.05, 0.1) is 17.5 Å². The number of aryl methyl sites for hydroxylation is 1. The number of nitrogens with zero attached hydrogens (tertiary/aromatic N) is 1. The second-order valence-electron chi connectivity index (χ2n) is 7.00. The van der Waals surface area contributed by atoms with Gasteiger partial charge in [0.25, 0.3) is 0 Å². The molecule has 0 radical (unpaired) electrons. The minimum absolute atomic E-state index is 0.313. The van der Waals surface area contributed by atoms with Crippen molar-refractivity contribution in [1.29, 1.82) is 0 Å². The highest BCUT2D eigenvalue weighted by atomic mass is 32.2. The van der Waals surface area contributed by atoms with E-state index < -0.39 is 0 Å². The number of thioether (sulfide) groups is 1. The molecule has 0 aliphatic heterocycles. The van der Waals surface area contributed by atoms with E-state index in [1.165, 1.54) is 12.5 Å². The molecular formula is C24H23NO3S. The van der Waals surface area contributed by atoms with E-state index in [0.29, 0.717) is 5.75 Å². The number of hydrogen-bond acceptors (Lipinski definition) is 4. The Morgan fingerprint density at radius 1 is 1.10 bits per heavy atom. The number of esters is 1. The number of hydrogen-bond donors (Lipinski definition) is 0. The Kier molecular flexibility index (Phi) is 5.24. The third-order valence-electron chi connectivity index (χ3n) is 5.09. The third kappa shape index (κ3) is 3.47. The summed E-state index contributed by atoms with van der Waals surface area (Å²) in [5.74, 6) is 1.12. The molecule has 0 saturated carbocycles. The Morgan fingerprint density at radius 2 is 1.86 bits per heavy atom. The fourth-order valence-corrected chi connectivity index (χ4v) is 4.61. The molecule has 148 valence electrons. The fraction of sp³-hybridized carbons (Fsp3) is 0.208. The van der Waals surface area contributed by atoms with E-state index in [0.717, 1.165) is 44.6 Å². The summed E-state index contributed by atoms with van der Waals surface area (Å²) in [6.07, 6.45) is 2.02. The Bertz CT molecular complexity index is 1210. The minimum Gasteiger partial charge on any atom is -0.497 e. The van der Waals surface area contributed by atoms with E-state index in [2.05, 4.69) is 47.9 Å². The zero-order valence-corrected chi connectivity index (χ0v) is 17.8. The Morgan fingerprint density at radius 3 is 2.52 bits per heavy atom. The van der Waals surface area contributed by atoms with E-state index in [1.54, 1.807) is 18.9 Å². The number of benzene rings is 3. The molecule has 0 N–H and O–H groups in total. The van der Waals surface area contributed by atoms with Gasteiger partial charge in [-0.25, -0.2) is 0 Å². The van der Waals surface area contributed by atoms with Crippen molar-refractivity contribution in [3.63, 3.8) is 0 Å². The molecule has 0 spiro atoms. The van der Waals surface area contributed by atoms with Crippen LogP contribution in [0.5, 0.6) is 11.5 Å². The molecule has 0 bridgehead atoms. The molecule has 0 aliphatic rings.